The summed E-state index contributed by atoms with van der Waals surface area (Å²) in [6.45, 7) is 3.81. The number of aromatic nitrogens is 2. The second-order valence-corrected chi connectivity index (χ2v) is 6.88. The molecule has 1 aromatic carbocycles. The van der Waals surface area contributed by atoms with Crippen molar-refractivity contribution in [1.29, 1.82) is 0 Å². The molecule has 0 aliphatic carbocycles. The second kappa shape index (κ2) is 7.04. The molecule has 1 aliphatic heterocycles. The molecule has 1 aromatic heterocycles. The lowest BCUT2D eigenvalue weighted by molar-refractivity contribution is -0.389. The van der Waals surface area contributed by atoms with Gasteiger partial charge in [0.25, 0.3) is 5.91 Å². The number of nitrogens with zero attached hydrogens (tertiary/aromatic N) is 4. The molecule has 0 N–H and O–H groups in total. The maximum atomic E-state index is 12.4. The molecule has 126 valence electrons. The normalized spacial score (nSPS) is 14.6. The predicted octanol–water partition coefficient (Wildman–Crippen LogP) is 2.34. The van der Waals surface area contributed by atoms with E-state index >= 15 is 0 Å². The summed E-state index contributed by atoms with van der Waals surface area (Å²) < 4.78 is 1.59. The zero-order chi connectivity index (χ0) is 17.1. The van der Waals surface area contributed by atoms with Gasteiger partial charge in [-0.1, -0.05) is 12.1 Å². The summed E-state index contributed by atoms with van der Waals surface area (Å²) in [6, 6.07) is 8.82. The van der Waals surface area contributed by atoms with Crippen LogP contribution >= 0.6 is 11.8 Å². The maximum absolute atomic E-state index is 12.4. The Kier molecular flexibility index (Phi) is 4.84. The molecule has 0 unspecified atom stereocenters. The van der Waals surface area contributed by atoms with Crippen LogP contribution in [0.15, 0.2) is 30.3 Å². The van der Waals surface area contributed by atoms with Crippen molar-refractivity contribution in [1.82, 2.24) is 14.7 Å². The van der Waals surface area contributed by atoms with E-state index in [2.05, 4.69) is 5.10 Å². The first-order chi connectivity index (χ1) is 11.5. The monoisotopic (exact) mass is 346 g/mol. The number of benzene rings is 1. The van der Waals surface area contributed by atoms with Crippen LogP contribution in [0.4, 0.5) is 5.82 Å². The van der Waals surface area contributed by atoms with E-state index in [1.807, 2.05) is 40.9 Å². The summed E-state index contributed by atoms with van der Waals surface area (Å²) >= 11 is 1.87. The molecule has 0 bridgehead atoms. The van der Waals surface area contributed by atoms with Gasteiger partial charge in [0.2, 0.25) is 0 Å². The van der Waals surface area contributed by atoms with Crippen molar-refractivity contribution in [3.63, 3.8) is 0 Å². The molecule has 24 heavy (non-hydrogen) atoms. The van der Waals surface area contributed by atoms with Gasteiger partial charge in [-0.15, -0.1) is 0 Å². The van der Waals surface area contributed by atoms with Gasteiger partial charge in [0.05, 0.1) is 23.4 Å². The second-order valence-electron chi connectivity index (χ2n) is 5.66. The van der Waals surface area contributed by atoms with Crippen LogP contribution in [0.2, 0.25) is 0 Å². The van der Waals surface area contributed by atoms with E-state index < -0.39 is 4.92 Å². The van der Waals surface area contributed by atoms with E-state index in [-0.39, 0.29) is 11.7 Å². The molecule has 3 rings (SSSR count). The molecular weight excluding hydrogens is 328 g/mol. The van der Waals surface area contributed by atoms with E-state index in [0.717, 1.165) is 35.9 Å². The SMILES string of the molecule is Cc1cc([N+](=O)[O-])nn1Cc1ccc(C(=O)N2CCSCC2)cc1. The van der Waals surface area contributed by atoms with Crippen molar-refractivity contribution < 1.29 is 9.72 Å². The van der Waals surface area contributed by atoms with Crippen LogP contribution in [0.3, 0.4) is 0 Å². The summed E-state index contributed by atoms with van der Waals surface area (Å²) in [5.74, 6) is 1.89. The molecule has 7 nitrogen and oxygen atoms in total. The fraction of sp³-hybridized carbons (Fsp3) is 0.375. The summed E-state index contributed by atoms with van der Waals surface area (Å²) in [5.41, 5.74) is 2.35. The Morgan fingerprint density at radius 3 is 2.54 bits per heavy atom. The standard InChI is InChI=1S/C16H18N4O3S/c1-12-10-15(20(22)23)17-19(12)11-13-2-4-14(5-3-13)16(21)18-6-8-24-9-7-18/h2-5,10H,6-9,11H2,1H3. The molecule has 0 saturated carbocycles. The van der Waals surface area contributed by atoms with Crippen molar-refractivity contribution in [3.8, 4) is 0 Å². The lowest BCUT2D eigenvalue weighted by Crippen LogP contribution is -2.37. The number of aryl methyl sites for hydroxylation is 1. The minimum Gasteiger partial charge on any atom is -0.358 e. The van der Waals surface area contributed by atoms with Crippen LogP contribution < -0.4 is 0 Å². The number of hydrogen-bond acceptors (Lipinski definition) is 5. The molecule has 1 fully saturated rings. The zero-order valence-electron chi connectivity index (χ0n) is 13.3. The number of thioether (sulfide) groups is 1. The molecule has 0 radical (unpaired) electrons. The molecule has 2 heterocycles. The number of carbonyl (C=O) groups excluding carboxylic acids is 1. The third-order valence-corrected chi connectivity index (χ3v) is 4.93. The lowest BCUT2D eigenvalue weighted by atomic mass is 10.1. The number of amides is 1. The number of hydrogen-bond donors (Lipinski definition) is 0. The highest BCUT2D eigenvalue weighted by molar-refractivity contribution is 7.99. The number of rotatable bonds is 4. The van der Waals surface area contributed by atoms with E-state index in [1.54, 1.807) is 11.6 Å². The molecular formula is C16H18N4O3S. The van der Waals surface area contributed by atoms with Gasteiger partial charge in [0, 0.05) is 30.2 Å². The summed E-state index contributed by atoms with van der Waals surface area (Å²) in [7, 11) is 0. The van der Waals surface area contributed by atoms with Crippen molar-refractivity contribution in [2.75, 3.05) is 24.6 Å². The Balaban J connectivity index is 1.70. The highest BCUT2D eigenvalue weighted by atomic mass is 32.2. The zero-order valence-corrected chi connectivity index (χ0v) is 14.2. The summed E-state index contributed by atoms with van der Waals surface area (Å²) in [5, 5.41) is 14.8. The van der Waals surface area contributed by atoms with Crippen LogP contribution in [-0.2, 0) is 6.54 Å². The first-order valence-corrected chi connectivity index (χ1v) is 8.85. The first kappa shape index (κ1) is 16.5. The third-order valence-electron chi connectivity index (χ3n) is 3.99. The van der Waals surface area contributed by atoms with Crippen molar-refractivity contribution in [2.24, 2.45) is 0 Å². The first-order valence-electron chi connectivity index (χ1n) is 7.69. The summed E-state index contributed by atoms with van der Waals surface area (Å²) in [6.07, 6.45) is 0. The van der Waals surface area contributed by atoms with Gasteiger partial charge in [-0.25, -0.2) is 0 Å². The van der Waals surface area contributed by atoms with Crippen LogP contribution in [0, 0.1) is 17.0 Å². The highest BCUT2D eigenvalue weighted by Gasteiger charge is 2.19. The van der Waals surface area contributed by atoms with Gasteiger partial charge in [-0.05, 0) is 29.5 Å². The Morgan fingerprint density at radius 1 is 1.29 bits per heavy atom. The molecule has 2 aromatic rings. The van der Waals surface area contributed by atoms with Crippen LogP contribution in [-0.4, -0.2) is 50.1 Å². The molecule has 1 amide bonds. The minimum atomic E-state index is -0.498. The number of carbonyl (C=O) groups is 1. The smallest absolute Gasteiger partial charge is 0.358 e. The lowest BCUT2D eigenvalue weighted by Gasteiger charge is -2.26. The Bertz CT molecular complexity index is 751. The Hall–Kier alpha value is -2.35. The van der Waals surface area contributed by atoms with Crippen LogP contribution in [0.5, 0.6) is 0 Å². The quantitative estimate of drug-likeness (QED) is 0.627. The maximum Gasteiger partial charge on any atom is 0.390 e. The highest BCUT2D eigenvalue weighted by Crippen LogP contribution is 2.16. The average Bonchev–Trinajstić information content (AvgIpc) is 2.97. The third kappa shape index (κ3) is 3.59. The van der Waals surface area contributed by atoms with Crippen molar-refractivity contribution >= 4 is 23.5 Å². The van der Waals surface area contributed by atoms with Crippen molar-refractivity contribution in [2.45, 2.75) is 13.5 Å². The number of nitro groups is 1. The van der Waals surface area contributed by atoms with Gasteiger partial charge < -0.3 is 15.0 Å². The fourth-order valence-electron chi connectivity index (χ4n) is 2.62. The van der Waals surface area contributed by atoms with Gasteiger partial charge >= 0.3 is 5.82 Å². The molecule has 0 spiro atoms. The minimum absolute atomic E-state index is 0.0627. The summed E-state index contributed by atoms with van der Waals surface area (Å²) in [4.78, 5) is 24.6. The van der Waals surface area contributed by atoms with Crippen molar-refractivity contribution in [3.05, 3.63) is 57.3 Å². The predicted molar refractivity (Wildman–Crippen MR) is 92.4 cm³/mol. The average molecular weight is 346 g/mol. The molecule has 0 atom stereocenters. The molecule has 1 saturated heterocycles. The van der Waals surface area contributed by atoms with Gasteiger partial charge in [-0.3, -0.25) is 4.79 Å². The molecule has 1 aliphatic rings. The van der Waals surface area contributed by atoms with E-state index in [1.165, 1.54) is 6.07 Å². The Labute approximate surface area is 143 Å². The Morgan fingerprint density at radius 2 is 1.96 bits per heavy atom. The van der Waals surface area contributed by atoms with Gasteiger partial charge in [0.1, 0.15) is 0 Å². The molecule has 8 heteroatoms. The van der Waals surface area contributed by atoms with Gasteiger partial charge in [-0.2, -0.15) is 16.4 Å². The van der Waals surface area contributed by atoms with Gasteiger partial charge in [0.15, 0.2) is 0 Å². The van der Waals surface area contributed by atoms with E-state index in [0.29, 0.717) is 12.1 Å². The van der Waals surface area contributed by atoms with Crippen LogP contribution in [0.1, 0.15) is 21.6 Å². The largest absolute Gasteiger partial charge is 0.390 e. The van der Waals surface area contributed by atoms with Crippen LogP contribution in [0.25, 0.3) is 0 Å². The fourth-order valence-corrected chi connectivity index (χ4v) is 3.52. The van der Waals surface area contributed by atoms with E-state index in [9.17, 15) is 14.9 Å². The topological polar surface area (TPSA) is 81.3 Å². The van der Waals surface area contributed by atoms with E-state index in [4.69, 9.17) is 0 Å².